The van der Waals surface area contributed by atoms with Gasteiger partial charge in [0, 0.05) is 10.6 Å². The van der Waals surface area contributed by atoms with E-state index < -0.39 is 0 Å². The number of aryl methyl sites for hydroxylation is 1. The van der Waals surface area contributed by atoms with Gasteiger partial charge in [-0.25, -0.2) is 0 Å². The zero-order valence-corrected chi connectivity index (χ0v) is 11.6. The van der Waals surface area contributed by atoms with E-state index in [9.17, 15) is 4.79 Å². The summed E-state index contributed by atoms with van der Waals surface area (Å²) in [6.45, 7) is 1.81. The number of amides is 1. The molecular weight excluding hydrogens is 284 g/mol. The first kappa shape index (κ1) is 13.5. The molecular formula is C12H11ClN4OS. The van der Waals surface area contributed by atoms with Crippen molar-refractivity contribution in [2.75, 3.05) is 5.32 Å². The first-order valence-electron chi connectivity index (χ1n) is 5.39. The number of aromatic amines is 1. The number of halogens is 1. The molecule has 0 aliphatic rings. The molecule has 0 radical (unpaired) electrons. The quantitative estimate of drug-likeness (QED) is 0.758. The Kier molecular flexibility index (Phi) is 3.82. The smallest absolute Gasteiger partial charge is 0.257 e. The second-order valence-electron chi connectivity index (χ2n) is 3.94. The highest BCUT2D eigenvalue weighted by Gasteiger charge is 2.14. The number of thiocarbonyl (C=S) groups is 1. The lowest BCUT2D eigenvalue weighted by atomic mass is 10.1. The van der Waals surface area contributed by atoms with Crippen molar-refractivity contribution in [3.63, 3.8) is 0 Å². The van der Waals surface area contributed by atoms with Gasteiger partial charge in [0.15, 0.2) is 0 Å². The van der Waals surface area contributed by atoms with Crippen LogP contribution < -0.4 is 11.1 Å². The molecule has 7 heteroatoms. The minimum atomic E-state index is -0.282. The summed E-state index contributed by atoms with van der Waals surface area (Å²) in [5.74, 6) is 0.0998. The molecule has 5 nitrogen and oxygen atoms in total. The molecule has 98 valence electrons. The highest BCUT2D eigenvalue weighted by Crippen LogP contribution is 2.17. The van der Waals surface area contributed by atoms with Crippen LogP contribution in [0.5, 0.6) is 0 Å². The summed E-state index contributed by atoms with van der Waals surface area (Å²) in [4.78, 5) is 12.3. The summed E-state index contributed by atoms with van der Waals surface area (Å²) in [6, 6.07) is 5.03. The van der Waals surface area contributed by atoms with E-state index in [0.29, 0.717) is 22.0 Å². The van der Waals surface area contributed by atoms with E-state index in [-0.39, 0.29) is 10.9 Å². The van der Waals surface area contributed by atoms with E-state index in [4.69, 9.17) is 29.6 Å². The van der Waals surface area contributed by atoms with Crippen molar-refractivity contribution >= 4 is 40.5 Å². The van der Waals surface area contributed by atoms with E-state index in [1.54, 1.807) is 18.2 Å². The first-order valence-corrected chi connectivity index (χ1v) is 6.18. The minimum Gasteiger partial charge on any atom is -0.389 e. The van der Waals surface area contributed by atoms with Gasteiger partial charge in [-0.2, -0.15) is 5.10 Å². The van der Waals surface area contributed by atoms with Gasteiger partial charge in [0.1, 0.15) is 10.8 Å². The third kappa shape index (κ3) is 2.91. The van der Waals surface area contributed by atoms with Crippen LogP contribution in [-0.4, -0.2) is 21.1 Å². The molecule has 0 unspecified atom stereocenters. The molecule has 2 aromatic rings. The molecule has 0 atom stereocenters. The fraction of sp³-hybridized carbons (Fsp3) is 0.0833. The second kappa shape index (κ2) is 5.38. The molecule has 1 amide bonds. The predicted octanol–water partition coefficient (Wildman–Crippen LogP) is 2.26. The van der Waals surface area contributed by atoms with E-state index in [1.807, 2.05) is 6.92 Å². The summed E-state index contributed by atoms with van der Waals surface area (Å²) in [5.41, 5.74) is 7.32. The number of nitrogens with zero attached hydrogens (tertiary/aromatic N) is 1. The number of carbonyl (C=O) groups excluding carboxylic acids is 1. The third-order valence-corrected chi connectivity index (χ3v) is 3.03. The standard InChI is InChI=1S/C12H11ClN4OS/c1-6-4-7(13)2-3-8(6)12(18)16-11-9(10(14)19)5-15-17-11/h2-5H,1H3,(H2,14,19)(H2,15,16,17,18). The molecule has 0 spiro atoms. The van der Waals surface area contributed by atoms with Crippen LogP contribution in [-0.2, 0) is 0 Å². The van der Waals surface area contributed by atoms with Gasteiger partial charge < -0.3 is 11.1 Å². The van der Waals surface area contributed by atoms with Crippen molar-refractivity contribution in [2.24, 2.45) is 5.73 Å². The largest absolute Gasteiger partial charge is 0.389 e. The first-order chi connectivity index (χ1) is 8.99. The van der Waals surface area contributed by atoms with Crippen molar-refractivity contribution < 1.29 is 4.79 Å². The Balaban J connectivity index is 2.26. The molecule has 19 heavy (non-hydrogen) atoms. The van der Waals surface area contributed by atoms with Crippen molar-refractivity contribution in [1.29, 1.82) is 0 Å². The molecule has 0 bridgehead atoms. The number of aromatic nitrogens is 2. The number of H-pyrrole nitrogens is 1. The van der Waals surface area contributed by atoms with Crippen molar-refractivity contribution in [1.82, 2.24) is 10.2 Å². The second-order valence-corrected chi connectivity index (χ2v) is 4.81. The lowest BCUT2D eigenvalue weighted by molar-refractivity contribution is 0.102. The Bertz CT molecular complexity index is 653. The van der Waals surface area contributed by atoms with Gasteiger partial charge in [-0.05, 0) is 30.7 Å². The van der Waals surface area contributed by atoms with Crippen molar-refractivity contribution in [3.8, 4) is 0 Å². The van der Waals surface area contributed by atoms with Crippen LogP contribution in [0.1, 0.15) is 21.5 Å². The number of rotatable bonds is 3. The number of hydrogen-bond acceptors (Lipinski definition) is 3. The van der Waals surface area contributed by atoms with Gasteiger partial charge >= 0.3 is 0 Å². The number of anilines is 1. The molecule has 4 N–H and O–H groups in total. The highest BCUT2D eigenvalue weighted by atomic mass is 35.5. The maximum absolute atomic E-state index is 12.1. The van der Waals surface area contributed by atoms with Crippen molar-refractivity contribution in [3.05, 3.63) is 46.1 Å². The Morgan fingerprint density at radius 2 is 2.21 bits per heavy atom. The molecule has 1 aromatic carbocycles. The fourth-order valence-corrected chi connectivity index (χ4v) is 2.01. The summed E-state index contributed by atoms with van der Waals surface area (Å²) in [5, 5.41) is 9.71. The molecule has 0 saturated carbocycles. The van der Waals surface area contributed by atoms with Gasteiger partial charge in [0.25, 0.3) is 5.91 Å². The summed E-state index contributed by atoms with van der Waals surface area (Å²) in [7, 11) is 0. The van der Waals surface area contributed by atoms with E-state index >= 15 is 0 Å². The Labute approximate surface area is 120 Å². The minimum absolute atomic E-state index is 0.164. The molecule has 0 fully saturated rings. The highest BCUT2D eigenvalue weighted by molar-refractivity contribution is 7.80. The zero-order valence-electron chi connectivity index (χ0n) is 10.0. The summed E-state index contributed by atoms with van der Waals surface area (Å²) < 4.78 is 0. The van der Waals surface area contributed by atoms with E-state index in [0.717, 1.165) is 5.56 Å². The maximum Gasteiger partial charge on any atom is 0.257 e. The summed E-state index contributed by atoms with van der Waals surface area (Å²) >= 11 is 10.7. The summed E-state index contributed by atoms with van der Waals surface area (Å²) in [6.07, 6.45) is 1.46. The maximum atomic E-state index is 12.1. The van der Waals surface area contributed by atoms with Crippen LogP contribution in [0.2, 0.25) is 5.02 Å². The molecule has 1 heterocycles. The average Bonchev–Trinajstić information content (AvgIpc) is 2.76. The lowest BCUT2D eigenvalue weighted by Crippen LogP contribution is -2.17. The van der Waals surface area contributed by atoms with Gasteiger partial charge in [0.2, 0.25) is 0 Å². The van der Waals surface area contributed by atoms with Crippen LogP contribution >= 0.6 is 23.8 Å². The number of carbonyl (C=O) groups is 1. The third-order valence-electron chi connectivity index (χ3n) is 2.58. The van der Waals surface area contributed by atoms with Crippen LogP contribution in [0.3, 0.4) is 0 Å². The molecule has 1 aromatic heterocycles. The SMILES string of the molecule is Cc1cc(Cl)ccc1C(=O)Nc1[nH]ncc1C(N)=S. The molecule has 0 saturated heterocycles. The lowest BCUT2D eigenvalue weighted by Gasteiger charge is -2.07. The normalized spacial score (nSPS) is 10.2. The van der Waals surface area contributed by atoms with Crippen molar-refractivity contribution in [2.45, 2.75) is 6.92 Å². The average molecular weight is 295 g/mol. The van der Waals surface area contributed by atoms with Gasteiger partial charge in [-0.3, -0.25) is 9.89 Å². The number of benzene rings is 1. The van der Waals surface area contributed by atoms with Crippen LogP contribution in [0.15, 0.2) is 24.4 Å². The molecule has 0 aliphatic carbocycles. The van der Waals surface area contributed by atoms with Gasteiger partial charge in [-0.15, -0.1) is 0 Å². The fourth-order valence-electron chi connectivity index (χ4n) is 1.63. The van der Waals surface area contributed by atoms with Gasteiger partial charge in [0.05, 0.1) is 11.8 Å². The van der Waals surface area contributed by atoms with Crippen LogP contribution in [0, 0.1) is 6.92 Å². The Morgan fingerprint density at radius 1 is 1.47 bits per heavy atom. The topological polar surface area (TPSA) is 83.8 Å². The predicted molar refractivity (Wildman–Crippen MR) is 78.6 cm³/mol. The van der Waals surface area contributed by atoms with Crippen LogP contribution in [0.4, 0.5) is 5.82 Å². The number of nitrogens with two attached hydrogens (primary N) is 1. The monoisotopic (exact) mass is 294 g/mol. The number of hydrogen-bond donors (Lipinski definition) is 3. The molecule has 0 aliphatic heterocycles. The van der Waals surface area contributed by atoms with Crippen LogP contribution in [0.25, 0.3) is 0 Å². The zero-order chi connectivity index (χ0) is 14.0. The van der Waals surface area contributed by atoms with E-state index in [1.165, 1.54) is 6.20 Å². The Hall–Kier alpha value is -1.92. The van der Waals surface area contributed by atoms with E-state index in [2.05, 4.69) is 15.5 Å². The number of nitrogens with one attached hydrogen (secondary N) is 2. The molecule has 2 rings (SSSR count). The van der Waals surface area contributed by atoms with Gasteiger partial charge in [-0.1, -0.05) is 23.8 Å². The Morgan fingerprint density at radius 3 is 2.84 bits per heavy atom.